The fraction of sp³-hybridized carbons (Fsp3) is 0.273. The number of tetrazole rings is 1. The number of benzene rings is 2. The van der Waals surface area contributed by atoms with Gasteiger partial charge in [0.05, 0.1) is 18.7 Å². The Labute approximate surface area is 174 Å². The lowest BCUT2D eigenvalue weighted by Crippen LogP contribution is -2.41. The molecule has 2 N–H and O–H groups in total. The molecule has 0 aliphatic carbocycles. The number of likely N-dealkylation sites (N-methyl/N-ethyl adjacent to an activating group) is 1. The van der Waals surface area contributed by atoms with Crippen molar-refractivity contribution in [3.8, 4) is 22.5 Å². The summed E-state index contributed by atoms with van der Waals surface area (Å²) < 4.78 is 5.01. The van der Waals surface area contributed by atoms with Crippen molar-refractivity contribution in [1.29, 1.82) is 0 Å². The van der Waals surface area contributed by atoms with Crippen LogP contribution in [0.1, 0.15) is 19.4 Å². The van der Waals surface area contributed by atoms with Gasteiger partial charge in [-0.25, -0.2) is 9.80 Å². The highest BCUT2D eigenvalue weighted by molar-refractivity contribution is 5.91. The quantitative estimate of drug-likeness (QED) is 0.610. The second-order valence-electron chi connectivity index (χ2n) is 7.13. The summed E-state index contributed by atoms with van der Waals surface area (Å²) in [4.78, 5) is 12.3. The number of H-pyrrole nitrogens is 1. The average molecular weight is 404 g/mol. The van der Waals surface area contributed by atoms with Crippen molar-refractivity contribution < 1.29 is 9.53 Å². The minimum Gasteiger partial charge on any atom is -0.466 e. The number of aromatic amines is 1. The van der Waals surface area contributed by atoms with Gasteiger partial charge in [0.1, 0.15) is 0 Å². The van der Waals surface area contributed by atoms with E-state index in [1.165, 1.54) is 7.11 Å². The molecule has 0 amide bonds. The third-order valence-corrected chi connectivity index (χ3v) is 5.38. The van der Waals surface area contributed by atoms with Gasteiger partial charge in [0.15, 0.2) is 0 Å². The standard InChI is InChI=1S/C22H24N6O2/c1-4-28-19(20(14(2)25-28)22(29)30-3)13-15-9-11-16(12-10-15)17-7-5-6-8-18(17)21-23-26-27-24-21/h5-12,19,25H,4,13H2,1-3H3,(H,23,24,26,27). The number of allylic oxidation sites excluding steroid dienone is 1. The number of carbonyl (C=O) groups is 1. The molecular formula is C22H24N6O2. The van der Waals surface area contributed by atoms with Gasteiger partial charge in [-0.2, -0.15) is 5.21 Å². The van der Waals surface area contributed by atoms with Gasteiger partial charge in [0, 0.05) is 17.8 Å². The van der Waals surface area contributed by atoms with Crippen LogP contribution in [0.5, 0.6) is 0 Å². The molecule has 0 bridgehead atoms. The van der Waals surface area contributed by atoms with Crippen molar-refractivity contribution in [2.45, 2.75) is 26.3 Å². The summed E-state index contributed by atoms with van der Waals surface area (Å²) in [6.45, 7) is 4.75. The molecule has 154 valence electrons. The molecule has 0 spiro atoms. The van der Waals surface area contributed by atoms with Crippen molar-refractivity contribution in [1.82, 2.24) is 31.1 Å². The van der Waals surface area contributed by atoms with Crippen LogP contribution >= 0.6 is 0 Å². The van der Waals surface area contributed by atoms with E-state index in [0.717, 1.165) is 34.5 Å². The highest BCUT2D eigenvalue weighted by Gasteiger charge is 2.34. The Bertz CT molecular complexity index is 1060. The summed E-state index contributed by atoms with van der Waals surface area (Å²) >= 11 is 0. The highest BCUT2D eigenvalue weighted by atomic mass is 16.5. The van der Waals surface area contributed by atoms with Crippen LogP contribution in [0.15, 0.2) is 59.8 Å². The number of ether oxygens (including phenoxy) is 1. The number of hydrazine groups is 1. The van der Waals surface area contributed by atoms with Crippen molar-refractivity contribution in [3.63, 3.8) is 0 Å². The van der Waals surface area contributed by atoms with E-state index in [0.29, 0.717) is 17.8 Å². The van der Waals surface area contributed by atoms with Gasteiger partial charge in [0.25, 0.3) is 0 Å². The fourth-order valence-corrected chi connectivity index (χ4v) is 3.92. The molecule has 3 aromatic rings. The van der Waals surface area contributed by atoms with E-state index in [-0.39, 0.29) is 12.0 Å². The molecule has 2 heterocycles. The lowest BCUT2D eigenvalue weighted by Gasteiger charge is -2.24. The van der Waals surface area contributed by atoms with Crippen molar-refractivity contribution in [3.05, 3.63) is 65.4 Å². The summed E-state index contributed by atoms with van der Waals surface area (Å²) in [6, 6.07) is 16.3. The zero-order chi connectivity index (χ0) is 21.1. The Morgan fingerprint density at radius 3 is 2.50 bits per heavy atom. The van der Waals surface area contributed by atoms with E-state index in [2.05, 4.69) is 62.2 Å². The maximum absolute atomic E-state index is 12.3. The fourth-order valence-electron chi connectivity index (χ4n) is 3.92. The average Bonchev–Trinajstić information content (AvgIpc) is 3.42. The van der Waals surface area contributed by atoms with Crippen LogP contribution in [-0.4, -0.2) is 51.3 Å². The van der Waals surface area contributed by atoms with Crippen molar-refractivity contribution >= 4 is 5.97 Å². The van der Waals surface area contributed by atoms with Crippen molar-refractivity contribution in [2.75, 3.05) is 13.7 Å². The van der Waals surface area contributed by atoms with Crippen LogP contribution in [0.4, 0.5) is 0 Å². The van der Waals surface area contributed by atoms with Crippen LogP contribution in [0.25, 0.3) is 22.5 Å². The summed E-state index contributed by atoms with van der Waals surface area (Å²) in [5, 5.41) is 16.5. The molecule has 1 aromatic heterocycles. The number of rotatable bonds is 6. The van der Waals surface area contributed by atoms with E-state index >= 15 is 0 Å². The highest BCUT2D eigenvalue weighted by Crippen LogP contribution is 2.31. The summed E-state index contributed by atoms with van der Waals surface area (Å²) in [5.41, 5.74) is 8.98. The number of aromatic nitrogens is 4. The maximum Gasteiger partial charge on any atom is 0.337 e. The Hall–Kier alpha value is -3.52. The molecule has 2 aromatic carbocycles. The Balaban J connectivity index is 1.60. The first-order valence-electron chi connectivity index (χ1n) is 9.87. The summed E-state index contributed by atoms with van der Waals surface area (Å²) in [5.74, 6) is 0.278. The second kappa shape index (κ2) is 8.46. The van der Waals surface area contributed by atoms with E-state index < -0.39 is 0 Å². The summed E-state index contributed by atoms with van der Waals surface area (Å²) in [7, 11) is 1.42. The SMILES string of the molecule is CCN1NC(C)=C(C(=O)OC)C1Cc1ccc(-c2ccccc2-c2nn[nH]n2)cc1. The minimum atomic E-state index is -0.286. The molecule has 8 nitrogen and oxygen atoms in total. The molecular weight excluding hydrogens is 380 g/mol. The van der Waals surface area contributed by atoms with Crippen LogP contribution in [0.3, 0.4) is 0 Å². The first-order valence-corrected chi connectivity index (χ1v) is 9.87. The molecule has 8 heteroatoms. The number of hydrogen-bond donors (Lipinski definition) is 2. The Morgan fingerprint density at radius 2 is 1.87 bits per heavy atom. The Morgan fingerprint density at radius 1 is 1.13 bits per heavy atom. The molecule has 1 atom stereocenters. The number of hydrogen-bond acceptors (Lipinski definition) is 7. The number of esters is 1. The largest absolute Gasteiger partial charge is 0.466 e. The molecule has 0 radical (unpaired) electrons. The predicted octanol–water partition coefficient (Wildman–Crippen LogP) is 2.73. The molecule has 0 saturated carbocycles. The smallest absolute Gasteiger partial charge is 0.337 e. The molecule has 1 aliphatic rings. The van der Waals surface area contributed by atoms with Crippen LogP contribution < -0.4 is 5.43 Å². The Kier molecular flexibility index (Phi) is 5.58. The molecule has 4 rings (SSSR count). The topological polar surface area (TPSA) is 96.0 Å². The number of carbonyl (C=O) groups excluding carboxylic acids is 1. The second-order valence-corrected chi connectivity index (χ2v) is 7.13. The van der Waals surface area contributed by atoms with E-state index in [4.69, 9.17) is 4.74 Å². The maximum atomic E-state index is 12.3. The van der Waals surface area contributed by atoms with E-state index in [1.807, 2.05) is 31.2 Å². The van der Waals surface area contributed by atoms with Gasteiger partial charge < -0.3 is 10.2 Å². The number of nitrogens with zero attached hydrogens (tertiary/aromatic N) is 4. The molecule has 0 fully saturated rings. The first-order chi connectivity index (χ1) is 14.6. The van der Waals surface area contributed by atoms with Gasteiger partial charge in [-0.3, -0.25) is 0 Å². The molecule has 1 unspecified atom stereocenters. The number of methoxy groups -OCH3 is 1. The van der Waals surface area contributed by atoms with Gasteiger partial charge in [-0.05, 0) is 35.2 Å². The number of nitrogens with one attached hydrogen (secondary N) is 2. The molecule has 1 aliphatic heterocycles. The normalized spacial score (nSPS) is 16.6. The zero-order valence-corrected chi connectivity index (χ0v) is 17.2. The van der Waals surface area contributed by atoms with E-state index in [1.54, 1.807) is 0 Å². The van der Waals surface area contributed by atoms with Crippen LogP contribution in [0, 0.1) is 0 Å². The zero-order valence-electron chi connectivity index (χ0n) is 17.2. The predicted molar refractivity (Wildman–Crippen MR) is 113 cm³/mol. The van der Waals surface area contributed by atoms with Crippen LogP contribution in [-0.2, 0) is 16.0 Å². The van der Waals surface area contributed by atoms with Gasteiger partial charge in [0.2, 0.25) is 5.82 Å². The third kappa shape index (κ3) is 3.69. The molecule has 0 saturated heterocycles. The van der Waals surface area contributed by atoms with E-state index in [9.17, 15) is 4.79 Å². The minimum absolute atomic E-state index is 0.0695. The first kappa shape index (κ1) is 19.8. The molecule has 30 heavy (non-hydrogen) atoms. The summed E-state index contributed by atoms with van der Waals surface area (Å²) in [6.07, 6.45) is 0.704. The monoisotopic (exact) mass is 404 g/mol. The lowest BCUT2D eigenvalue weighted by atomic mass is 9.95. The van der Waals surface area contributed by atoms with Gasteiger partial charge in [-0.1, -0.05) is 55.5 Å². The lowest BCUT2D eigenvalue weighted by molar-refractivity contribution is -0.136. The van der Waals surface area contributed by atoms with Gasteiger partial charge in [-0.15, -0.1) is 10.2 Å². The van der Waals surface area contributed by atoms with Crippen molar-refractivity contribution in [2.24, 2.45) is 0 Å². The van der Waals surface area contributed by atoms with Crippen LogP contribution in [0.2, 0.25) is 0 Å². The third-order valence-electron chi connectivity index (χ3n) is 5.38. The van der Waals surface area contributed by atoms with Gasteiger partial charge >= 0.3 is 5.97 Å².